The lowest BCUT2D eigenvalue weighted by Gasteiger charge is -2.16. The first-order valence-corrected chi connectivity index (χ1v) is 10.4. The Balaban J connectivity index is 0.000000505. The van der Waals surface area contributed by atoms with Crippen LogP contribution in [0.4, 0.5) is 30.7 Å². The van der Waals surface area contributed by atoms with Crippen molar-refractivity contribution in [2.75, 3.05) is 7.11 Å². The fourth-order valence-corrected chi connectivity index (χ4v) is 3.10. The summed E-state index contributed by atoms with van der Waals surface area (Å²) in [6, 6.07) is 5.40. The van der Waals surface area contributed by atoms with E-state index in [9.17, 15) is 30.7 Å². The summed E-state index contributed by atoms with van der Waals surface area (Å²) in [6.45, 7) is 1.86. The summed E-state index contributed by atoms with van der Waals surface area (Å²) in [5.74, 6) is -2.26. The number of benzene rings is 2. The topological polar surface area (TPSA) is 95.1 Å². The van der Waals surface area contributed by atoms with Crippen LogP contribution in [0.1, 0.15) is 23.2 Å². The van der Waals surface area contributed by atoms with Gasteiger partial charge in [0.1, 0.15) is 11.4 Å². The minimum atomic E-state index is -5.08. The quantitative estimate of drug-likeness (QED) is 0.316. The second-order valence-electron chi connectivity index (χ2n) is 7.62. The second-order valence-corrected chi connectivity index (χ2v) is 7.62. The number of alkyl halides is 7. The van der Waals surface area contributed by atoms with Crippen molar-refractivity contribution in [3.8, 4) is 22.7 Å². The van der Waals surface area contributed by atoms with Crippen LogP contribution in [0.2, 0.25) is 0 Å². The van der Waals surface area contributed by atoms with Crippen molar-refractivity contribution in [3.05, 3.63) is 78.0 Å². The summed E-state index contributed by atoms with van der Waals surface area (Å²) in [5, 5.41) is 14.5. The molecule has 0 saturated heterocycles. The first kappa shape index (κ1) is 28.1. The van der Waals surface area contributed by atoms with Gasteiger partial charge in [-0.05, 0) is 19.1 Å². The molecule has 0 aliphatic heterocycles. The summed E-state index contributed by atoms with van der Waals surface area (Å²) in [5.41, 5.74) is 1.47. The molecule has 2 heterocycles. The van der Waals surface area contributed by atoms with E-state index in [1.807, 2.05) is 13.1 Å². The zero-order chi connectivity index (χ0) is 28.3. The number of methoxy groups -OCH3 is 1. The Morgan fingerprint density at radius 3 is 2.16 bits per heavy atom. The van der Waals surface area contributed by atoms with Gasteiger partial charge in [0.2, 0.25) is 0 Å². The molecule has 0 spiro atoms. The molecule has 0 fully saturated rings. The van der Waals surface area contributed by atoms with Crippen molar-refractivity contribution < 1.29 is 45.4 Å². The minimum absolute atomic E-state index is 0.204. The number of imidazole rings is 1. The standard InChI is InChI=1S/C21H17F4N5O.C2HF3O2/c1-13-10-29(12-26-13)18-8-5-15(9-19(18)31-2)17-11-30(28-27-17)21(24,25)16-6-3-14(4-7-16)20(22)23;3-2(4,5)1(6)7/h3-12,20H,1-2H3;(H,6,7). The molecule has 15 heteroatoms. The van der Waals surface area contributed by atoms with E-state index >= 15 is 0 Å². The molecular weight excluding hydrogens is 527 g/mol. The second kappa shape index (κ2) is 10.9. The zero-order valence-electron chi connectivity index (χ0n) is 19.5. The smallest absolute Gasteiger partial charge is 0.490 e. The first-order chi connectivity index (χ1) is 17.7. The average molecular weight is 545 g/mol. The van der Waals surface area contributed by atoms with Crippen LogP contribution < -0.4 is 4.74 Å². The number of carboxylic acids is 1. The number of halogens is 7. The lowest BCUT2D eigenvalue weighted by Crippen LogP contribution is -2.25. The molecule has 202 valence electrons. The van der Waals surface area contributed by atoms with E-state index in [4.69, 9.17) is 14.6 Å². The van der Waals surface area contributed by atoms with E-state index in [-0.39, 0.29) is 11.3 Å². The van der Waals surface area contributed by atoms with Crippen LogP contribution in [0.5, 0.6) is 5.75 Å². The fourth-order valence-electron chi connectivity index (χ4n) is 3.10. The van der Waals surface area contributed by atoms with E-state index in [0.717, 1.165) is 41.8 Å². The van der Waals surface area contributed by atoms with Gasteiger partial charge in [-0.25, -0.2) is 18.6 Å². The number of aliphatic carboxylic acids is 1. The number of aromatic nitrogens is 5. The molecule has 0 amide bonds. The van der Waals surface area contributed by atoms with Crippen LogP contribution >= 0.6 is 0 Å². The van der Waals surface area contributed by atoms with Gasteiger partial charge in [0.15, 0.2) is 0 Å². The highest BCUT2D eigenvalue weighted by Gasteiger charge is 2.38. The summed E-state index contributed by atoms with van der Waals surface area (Å²) in [7, 11) is 1.50. The third-order valence-electron chi connectivity index (χ3n) is 5.00. The number of carbonyl (C=O) groups is 1. The van der Waals surface area contributed by atoms with Crippen LogP contribution in [0.3, 0.4) is 0 Å². The molecule has 0 aliphatic carbocycles. The lowest BCUT2D eigenvalue weighted by atomic mass is 10.1. The maximum atomic E-state index is 14.8. The van der Waals surface area contributed by atoms with E-state index in [1.165, 1.54) is 7.11 Å². The molecule has 4 rings (SSSR count). The summed E-state index contributed by atoms with van der Waals surface area (Å²) in [4.78, 5) is 13.1. The molecule has 2 aromatic heterocycles. The lowest BCUT2D eigenvalue weighted by molar-refractivity contribution is -0.192. The Kier molecular flexibility index (Phi) is 8.07. The molecule has 1 N–H and O–H groups in total. The maximum absolute atomic E-state index is 14.8. The molecule has 38 heavy (non-hydrogen) atoms. The molecule has 0 atom stereocenters. The van der Waals surface area contributed by atoms with Crippen LogP contribution in [-0.2, 0) is 10.8 Å². The van der Waals surface area contributed by atoms with Crippen molar-refractivity contribution in [1.82, 2.24) is 24.5 Å². The molecule has 0 aliphatic rings. The Labute approximate surface area is 209 Å². The molecule has 2 aromatic carbocycles. The monoisotopic (exact) mass is 545 g/mol. The molecule has 0 bridgehead atoms. The predicted molar refractivity (Wildman–Crippen MR) is 118 cm³/mol. The van der Waals surface area contributed by atoms with Gasteiger partial charge in [-0.3, -0.25) is 0 Å². The number of carboxylic acid groups (broad SMARTS) is 1. The van der Waals surface area contributed by atoms with Gasteiger partial charge in [-0.15, -0.1) is 5.10 Å². The number of hydrogen-bond donors (Lipinski definition) is 1. The van der Waals surface area contributed by atoms with E-state index in [2.05, 4.69) is 15.3 Å². The first-order valence-electron chi connectivity index (χ1n) is 10.4. The molecule has 4 aromatic rings. The van der Waals surface area contributed by atoms with Gasteiger partial charge >= 0.3 is 18.2 Å². The highest BCUT2D eigenvalue weighted by Crippen LogP contribution is 2.33. The Morgan fingerprint density at radius 2 is 1.66 bits per heavy atom. The van der Waals surface area contributed by atoms with Crippen molar-refractivity contribution in [1.29, 1.82) is 0 Å². The number of rotatable bonds is 6. The molecule has 0 radical (unpaired) electrons. The summed E-state index contributed by atoms with van der Waals surface area (Å²) < 4.78 is 94.4. The van der Waals surface area contributed by atoms with E-state index in [1.54, 1.807) is 29.1 Å². The zero-order valence-corrected chi connectivity index (χ0v) is 19.5. The van der Waals surface area contributed by atoms with Gasteiger partial charge in [0.05, 0.1) is 31.0 Å². The summed E-state index contributed by atoms with van der Waals surface area (Å²) >= 11 is 0. The third-order valence-corrected chi connectivity index (χ3v) is 5.00. The molecular formula is C23H18F7N5O3. The Hall–Kier alpha value is -4.43. The SMILES string of the molecule is COc1cc(-c2cn(C(F)(F)c3ccc(C(F)F)cc3)nn2)ccc1-n1cnc(C)c1.O=C(O)C(F)(F)F. The largest absolute Gasteiger partial charge is 0.495 e. The van der Waals surface area contributed by atoms with E-state index in [0.29, 0.717) is 16.0 Å². The van der Waals surface area contributed by atoms with Gasteiger partial charge in [0, 0.05) is 22.9 Å². The van der Waals surface area contributed by atoms with Gasteiger partial charge in [-0.1, -0.05) is 35.5 Å². The fraction of sp³-hybridized carbons (Fsp3) is 0.217. The van der Waals surface area contributed by atoms with Crippen LogP contribution in [0.25, 0.3) is 16.9 Å². The normalized spacial score (nSPS) is 11.7. The Morgan fingerprint density at radius 1 is 1.03 bits per heavy atom. The van der Waals surface area contributed by atoms with E-state index < -0.39 is 30.2 Å². The highest BCUT2D eigenvalue weighted by atomic mass is 19.4. The van der Waals surface area contributed by atoms with Crippen LogP contribution in [0.15, 0.2) is 61.2 Å². The molecule has 0 saturated carbocycles. The third kappa shape index (κ3) is 6.27. The molecule has 8 nitrogen and oxygen atoms in total. The number of ether oxygens (including phenoxy) is 1. The highest BCUT2D eigenvalue weighted by molar-refractivity contribution is 5.73. The van der Waals surface area contributed by atoms with Gasteiger partial charge in [0.25, 0.3) is 6.43 Å². The van der Waals surface area contributed by atoms with Gasteiger partial charge < -0.3 is 14.4 Å². The number of aryl methyl sites for hydroxylation is 1. The van der Waals surface area contributed by atoms with Crippen LogP contribution in [-0.4, -0.2) is 48.9 Å². The average Bonchev–Trinajstić information content (AvgIpc) is 3.53. The van der Waals surface area contributed by atoms with Crippen molar-refractivity contribution >= 4 is 5.97 Å². The molecule has 0 unspecified atom stereocenters. The predicted octanol–water partition coefficient (Wildman–Crippen LogP) is 5.62. The van der Waals surface area contributed by atoms with Crippen molar-refractivity contribution in [2.24, 2.45) is 0 Å². The van der Waals surface area contributed by atoms with Crippen molar-refractivity contribution in [2.45, 2.75) is 25.6 Å². The van der Waals surface area contributed by atoms with Crippen LogP contribution in [0, 0.1) is 6.92 Å². The Bertz CT molecular complexity index is 1400. The number of nitrogens with zero attached hydrogens (tertiary/aromatic N) is 5. The number of hydrogen-bond acceptors (Lipinski definition) is 5. The maximum Gasteiger partial charge on any atom is 0.490 e. The minimum Gasteiger partial charge on any atom is -0.495 e. The summed E-state index contributed by atoms with van der Waals surface area (Å²) in [6.07, 6.45) is -3.25. The van der Waals surface area contributed by atoms with Gasteiger partial charge in [-0.2, -0.15) is 26.6 Å². The van der Waals surface area contributed by atoms with Crippen molar-refractivity contribution in [3.63, 3.8) is 0 Å².